The topological polar surface area (TPSA) is 84.0 Å². The van der Waals surface area contributed by atoms with Crippen molar-refractivity contribution in [1.82, 2.24) is 15.3 Å². The molecule has 136 valence electrons. The summed E-state index contributed by atoms with van der Waals surface area (Å²) in [6.45, 7) is 0. The van der Waals surface area contributed by atoms with Gasteiger partial charge in [0, 0.05) is 34.8 Å². The number of hydrogen-bond donors (Lipinski definition) is 2. The summed E-state index contributed by atoms with van der Waals surface area (Å²) in [5.41, 5.74) is 1.27. The number of rotatable bonds is 4. The lowest BCUT2D eigenvalue weighted by atomic mass is 10.1. The molecule has 2 aromatic heterocycles. The number of carbonyl (C=O) groups is 2. The molecule has 1 fully saturated rings. The molecule has 0 bridgehead atoms. The second-order valence-corrected chi connectivity index (χ2v) is 6.75. The molecule has 6 heteroatoms. The van der Waals surface area contributed by atoms with Crippen molar-refractivity contribution in [1.29, 1.82) is 0 Å². The van der Waals surface area contributed by atoms with E-state index in [4.69, 9.17) is 0 Å². The van der Waals surface area contributed by atoms with Gasteiger partial charge >= 0.3 is 0 Å². The second kappa shape index (κ2) is 7.53. The molecule has 3 aromatic rings. The fraction of sp³-hybridized carbons (Fsp3) is 0.238. The van der Waals surface area contributed by atoms with E-state index >= 15 is 0 Å². The molecule has 0 spiro atoms. The number of aromatic nitrogens is 2. The Morgan fingerprint density at radius 2 is 1.81 bits per heavy atom. The van der Waals surface area contributed by atoms with Crippen LogP contribution >= 0.6 is 0 Å². The number of fused-ring (bicyclic) bond motifs is 1. The van der Waals surface area contributed by atoms with E-state index < -0.39 is 0 Å². The lowest BCUT2D eigenvalue weighted by Gasteiger charge is -2.12. The van der Waals surface area contributed by atoms with Crippen LogP contribution in [0.5, 0.6) is 0 Å². The summed E-state index contributed by atoms with van der Waals surface area (Å²) in [7, 11) is 0. The van der Waals surface area contributed by atoms with Gasteiger partial charge in [0.05, 0.1) is 11.9 Å². The zero-order valence-corrected chi connectivity index (χ0v) is 14.8. The van der Waals surface area contributed by atoms with Gasteiger partial charge in [-0.25, -0.2) is 0 Å². The van der Waals surface area contributed by atoms with E-state index in [0.717, 1.165) is 36.5 Å². The highest BCUT2D eigenvalue weighted by atomic mass is 16.2. The van der Waals surface area contributed by atoms with Crippen molar-refractivity contribution in [2.24, 2.45) is 0 Å². The first-order valence-corrected chi connectivity index (χ1v) is 9.12. The molecule has 6 nitrogen and oxygen atoms in total. The number of benzene rings is 1. The summed E-state index contributed by atoms with van der Waals surface area (Å²) in [6, 6.07) is 11.0. The van der Waals surface area contributed by atoms with Crippen LogP contribution in [-0.2, 0) is 0 Å². The van der Waals surface area contributed by atoms with Crippen LogP contribution in [0.1, 0.15) is 46.5 Å². The Morgan fingerprint density at radius 3 is 2.67 bits per heavy atom. The maximum atomic E-state index is 12.7. The standard InChI is InChI=1S/C21H20N4O2/c26-20(25-19-13-22-12-15-5-1-4-8-17(15)19)14-9-10-23-18(11-14)21(27)24-16-6-2-3-7-16/h1,4-5,8-13,16H,2-3,6-7H2,(H,24,27)(H,25,26). The van der Waals surface area contributed by atoms with Gasteiger partial charge in [0.15, 0.2) is 0 Å². The molecular weight excluding hydrogens is 340 g/mol. The maximum Gasteiger partial charge on any atom is 0.270 e. The Kier molecular flexibility index (Phi) is 4.78. The second-order valence-electron chi connectivity index (χ2n) is 6.75. The van der Waals surface area contributed by atoms with Crippen molar-refractivity contribution >= 4 is 28.3 Å². The van der Waals surface area contributed by atoms with Crippen molar-refractivity contribution in [3.05, 3.63) is 66.2 Å². The van der Waals surface area contributed by atoms with Crippen molar-refractivity contribution in [3.63, 3.8) is 0 Å². The first-order valence-electron chi connectivity index (χ1n) is 9.12. The highest BCUT2D eigenvalue weighted by Gasteiger charge is 2.19. The molecule has 0 radical (unpaired) electrons. The van der Waals surface area contributed by atoms with E-state index in [1.165, 1.54) is 12.3 Å². The van der Waals surface area contributed by atoms with Gasteiger partial charge in [0.1, 0.15) is 5.69 Å². The van der Waals surface area contributed by atoms with E-state index in [1.54, 1.807) is 18.5 Å². The Labute approximate surface area is 157 Å². The number of amides is 2. The Balaban J connectivity index is 1.52. The molecule has 2 N–H and O–H groups in total. The summed E-state index contributed by atoms with van der Waals surface area (Å²) in [5.74, 6) is -0.533. The van der Waals surface area contributed by atoms with E-state index in [0.29, 0.717) is 11.3 Å². The van der Waals surface area contributed by atoms with Gasteiger partial charge in [0.25, 0.3) is 11.8 Å². The Morgan fingerprint density at radius 1 is 1.00 bits per heavy atom. The maximum absolute atomic E-state index is 12.7. The molecular formula is C21H20N4O2. The third-order valence-electron chi connectivity index (χ3n) is 4.86. The highest BCUT2D eigenvalue weighted by molar-refractivity contribution is 6.09. The zero-order valence-electron chi connectivity index (χ0n) is 14.8. The molecule has 2 heterocycles. The minimum Gasteiger partial charge on any atom is -0.348 e. The molecule has 1 aliphatic carbocycles. The summed E-state index contributed by atoms with van der Waals surface area (Å²) in [4.78, 5) is 33.4. The summed E-state index contributed by atoms with van der Waals surface area (Å²) >= 11 is 0. The van der Waals surface area contributed by atoms with E-state index in [9.17, 15) is 9.59 Å². The van der Waals surface area contributed by atoms with Crippen LogP contribution in [0, 0.1) is 0 Å². The first-order chi connectivity index (χ1) is 13.2. The van der Waals surface area contributed by atoms with Crippen LogP contribution in [0.2, 0.25) is 0 Å². The van der Waals surface area contributed by atoms with Gasteiger partial charge in [-0.15, -0.1) is 0 Å². The predicted octanol–water partition coefficient (Wildman–Crippen LogP) is 3.55. The monoisotopic (exact) mass is 360 g/mol. The average Bonchev–Trinajstić information content (AvgIpc) is 3.21. The van der Waals surface area contributed by atoms with Crippen LogP contribution in [0.3, 0.4) is 0 Å². The Bertz CT molecular complexity index is 991. The smallest absolute Gasteiger partial charge is 0.270 e. The van der Waals surface area contributed by atoms with Crippen LogP contribution < -0.4 is 10.6 Å². The highest BCUT2D eigenvalue weighted by Crippen LogP contribution is 2.22. The number of nitrogens with zero attached hydrogens (tertiary/aromatic N) is 2. The quantitative estimate of drug-likeness (QED) is 0.745. The molecule has 2 amide bonds. The Hall–Kier alpha value is -3.28. The van der Waals surface area contributed by atoms with Crippen LogP contribution in [0.25, 0.3) is 10.8 Å². The van der Waals surface area contributed by atoms with Crippen molar-refractivity contribution in [2.45, 2.75) is 31.7 Å². The molecule has 1 saturated carbocycles. The molecule has 0 unspecified atom stereocenters. The van der Waals surface area contributed by atoms with Gasteiger partial charge < -0.3 is 10.6 Å². The number of carbonyl (C=O) groups excluding carboxylic acids is 2. The molecule has 1 aromatic carbocycles. The van der Waals surface area contributed by atoms with Crippen molar-refractivity contribution in [3.8, 4) is 0 Å². The van der Waals surface area contributed by atoms with Crippen molar-refractivity contribution in [2.75, 3.05) is 5.32 Å². The normalized spacial score (nSPS) is 14.2. The fourth-order valence-corrected chi connectivity index (χ4v) is 3.44. The third-order valence-corrected chi connectivity index (χ3v) is 4.86. The molecule has 4 rings (SSSR count). The average molecular weight is 360 g/mol. The summed E-state index contributed by atoms with van der Waals surface area (Å²) < 4.78 is 0. The zero-order chi connectivity index (χ0) is 18.6. The van der Waals surface area contributed by atoms with E-state index in [2.05, 4.69) is 20.6 Å². The molecule has 0 saturated heterocycles. The third kappa shape index (κ3) is 3.79. The minimum atomic E-state index is -0.300. The number of pyridine rings is 2. The molecule has 1 aliphatic rings. The molecule has 0 atom stereocenters. The number of hydrogen-bond acceptors (Lipinski definition) is 4. The predicted molar refractivity (Wildman–Crippen MR) is 104 cm³/mol. The minimum absolute atomic E-state index is 0.207. The van der Waals surface area contributed by atoms with Crippen LogP contribution in [0.15, 0.2) is 55.0 Å². The van der Waals surface area contributed by atoms with Gasteiger partial charge in [-0.2, -0.15) is 0 Å². The lowest BCUT2D eigenvalue weighted by Crippen LogP contribution is -2.33. The van der Waals surface area contributed by atoms with Gasteiger partial charge in [-0.3, -0.25) is 19.6 Å². The number of nitrogens with one attached hydrogen (secondary N) is 2. The van der Waals surface area contributed by atoms with Crippen LogP contribution in [-0.4, -0.2) is 27.8 Å². The van der Waals surface area contributed by atoms with Gasteiger partial charge in [-0.1, -0.05) is 37.1 Å². The molecule has 27 heavy (non-hydrogen) atoms. The molecule has 0 aliphatic heterocycles. The van der Waals surface area contributed by atoms with Crippen molar-refractivity contribution < 1.29 is 9.59 Å². The number of anilines is 1. The van der Waals surface area contributed by atoms with E-state index in [1.807, 2.05) is 24.3 Å². The van der Waals surface area contributed by atoms with E-state index in [-0.39, 0.29) is 23.6 Å². The van der Waals surface area contributed by atoms with Gasteiger partial charge in [0.2, 0.25) is 0 Å². The lowest BCUT2D eigenvalue weighted by molar-refractivity contribution is 0.0933. The summed E-state index contributed by atoms with van der Waals surface area (Å²) in [5, 5.41) is 7.73. The van der Waals surface area contributed by atoms with Gasteiger partial charge in [-0.05, 0) is 25.0 Å². The largest absolute Gasteiger partial charge is 0.348 e. The SMILES string of the molecule is O=C(Nc1cncc2ccccc12)c1ccnc(C(=O)NC2CCCC2)c1. The fourth-order valence-electron chi connectivity index (χ4n) is 3.44. The summed E-state index contributed by atoms with van der Waals surface area (Å²) in [6.07, 6.45) is 9.14. The van der Waals surface area contributed by atoms with Crippen LogP contribution in [0.4, 0.5) is 5.69 Å². The first kappa shape index (κ1) is 17.1.